The highest BCUT2D eigenvalue weighted by Crippen LogP contribution is 2.03. The van der Waals surface area contributed by atoms with Crippen molar-refractivity contribution in [2.45, 2.75) is 38.1 Å². The Kier molecular flexibility index (Phi) is 11.2. The predicted molar refractivity (Wildman–Crippen MR) is 79.6 cm³/mol. The lowest BCUT2D eigenvalue weighted by atomic mass is 10.2. The molecule has 5 nitrogen and oxygen atoms in total. The molecule has 0 aromatic rings. The Balaban J connectivity index is 3.62. The maximum absolute atomic E-state index is 11.4. The molecule has 0 aliphatic heterocycles. The summed E-state index contributed by atoms with van der Waals surface area (Å²) >= 11 is 1.84. The Morgan fingerprint density at radius 3 is 2.58 bits per heavy atom. The molecule has 19 heavy (non-hydrogen) atoms. The van der Waals surface area contributed by atoms with Gasteiger partial charge < -0.3 is 15.7 Å². The number of amides is 2. The van der Waals surface area contributed by atoms with E-state index in [1.165, 1.54) is 24.7 Å². The summed E-state index contributed by atoms with van der Waals surface area (Å²) in [6.45, 7) is 4.04. The summed E-state index contributed by atoms with van der Waals surface area (Å²) < 4.78 is 0. The topological polar surface area (TPSA) is 78.4 Å². The van der Waals surface area contributed by atoms with Gasteiger partial charge in [-0.1, -0.05) is 18.9 Å². The van der Waals surface area contributed by atoms with Crippen molar-refractivity contribution in [3.8, 4) is 0 Å². The van der Waals surface area contributed by atoms with E-state index in [1.807, 2.05) is 11.8 Å². The second-order valence-corrected chi connectivity index (χ2v) is 5.21. The first-order chi connectivity index (χ1) is 9.11. The number of hydrogen-bond acceptors (Lipinski definition) is 3. The minimum absolute atomic E-state index is 0.220. The van der Waals surface area contributed by atoms with Gasteiger partial charge in [0, 0.05) is 6.54 Å². The summed E-state index contributed by atoms with van der Waals surface area (Å²) in [6, 6.07) is -1.34. The number of carboxylic acid groups (broad SMARTS) is 1. The van der Waals surface area contributed by atoms with Gasteiger partial charge in [0.15, 0.2) is 0 Å². The number of aliphatic carboxylic acids is 1. The van der Waals surface area contributed by atoms with Gasteiger partial charge >= 0.3 is 12.0 Å². The van der Waals surface area contributed by atoms with E-state index < -0.39 is 18.0 Å². The lowest BCUT2D eigenvalue weighted by molar-refractivity contribution is -0.139. The van der Waals surface area contributed by atoms with Gasteiger partial charge in [0.25, 0.3) is 0 Å². The largest absolute Gasteiger partial charge is 0.480 e. The first kappa shape index (κ1) is 17.8. The Morgan fingerprint density at radius 1 is 1.32 bits per heavy atom. The molecule has 0 saturated carbocycles. The number of unbranched alkanes of at least 4 members (excludes halogenated alkanes) is 3. The van der Waals surface area contributed by atoms with Crippen LogP contribution in [0.3, 0.4) is 0 Å². The smallest absolute Gasteiger partial charge is 0.326 e. The molecule has 0 aliphatic carbocycles. The van der Waals surface area contributed by atoms with Crippen molar-refractivity contribution in [2.24, 2.45) is 0 Å². The second kappa shape index (κ2) is 11.9. The summed E-state index contributed by atoms with van der Waals surface area (Å²) in [5.41, 5.74) is 0. The van der Waals surface area contributed by atoms with Gasteiger partial charge in [-0.25, -0.2) is 9.59 Å². The molecule has 1 unspecified atom stereocenters. The maximum Gasteiger partial charge on any atom is 0.326 e. The normalized spacial score (nSPS) is 11.6. The van der Waals surface area contributed by atoms with Gasteiger partial charge in [0.2, 0.25) is 0 Å². The minimum atomic E-state index is -1.05. The van der Waals surface area contributed by atoms with Gasteiger partial charge in [-0.3, -0.25) is 0 Å². The van der Waals surface area contributed by atoms with Crippen molar-refractivity contribution in [1.29, 1.82) is 0 Å². The van der Waals surface area contributed by atoms with Crippen LogP contribution in [0.25, 0.3) is 0 Å². The van der Waals surface area contributed by atoms with E-state index in [1.54, 1.807) is 0 Å². The molecule has 1 atom stereocenters. The third-order valence-electron chi connectivity index (χ3n) is 2.57. The van der Waals surface area contributed by atoms with Gasteiger partial charge in [-0.15, -0.1) is 6.58 Å². The number of carboxylic acids is 1. The van der Waals surface area contributed by atoms with Crippen molar-refractivity contribution in [3.63, 3.8) is 0 Å². The van der Waals surface area contributed by atoms with Crippen LogP contribution in [0.15, 0.2) is 12.7 Å². The van der Waals surface area contributed by atoms with Gasteiger partial charge in [-0.2, -0.15) is 11.8 Å². The molecule has 0 fully saturated rings. The Morgan fingerprint density at radius 2 is 2.00 bits per heavy atom. The Hall–Kier alpha value is -1.17. The zero-order valence-electron chi connectivity index (χ0n) is 11.5. The van der Waals surface area contributed by atoms with Gasteiger partial charge in [0.1, 0.15) is 6.04 Å². The monoisotopic (exact) mass is 288 g/mol. The molecule has 0 spiro atoms. The number of rotatable bonds is 11. The summed E-state index contributed by atoms with van der Waals surface area (Å²) in [6.07, 6.45) is 8.15. The first-order valence-corrected chi connectivity index (χ1v) is 7.88. The molecular weight excluding hydrogens is 264 g/mol. The third-order valence-corrected chi connectivity index (χ3v) is 3.26. The first-order valence-electron chi connectivity index (χ1n) is 6.48. The molecule has 110 valence electrons. The zero-order valence-corrected chi connectivity index (χ0v) is 12.3. The molecular formula is C13H24N2O3S. The number of carbonyl (C=O) groups is 2. The van der Waals surface area contributed by atoms with Crippen LogP contribution in [0, 0.1) is 0 Å². The van der Waals surface area contributed by atoms with Gasteiger partial charge in [-0.05, 0) is 31.3 Å². The average molecular weight is 288 g/mol. The van der Waals surface area contributed by atoms with Crippen molar-refractivity contribution in [1.82, 2.24) is 10.6 Å². The van der Waals surface area contributed by atoms with E-state index in [9.17, 15) is 9.59 Å². The van der Waals surface area contributed by atoms with Crippen LogP contribution in [0.4, 0.5) is 4.79 Å². The molecule has 0 aromatic heterocycles. The highest BCUT2D eigenvalue weighted by atomic mass is 32.2. The predicted octanol–water partition coefficient (Wildman–Crippen LogP) is 2.24. The fourth-order valence-electron chi connectivity index (χ4n) is 1.52. The molecule has 2 amide bonds. The van der Waals surface area contributed by atoms with E-state index in [-0.39, 0.29) is 6.42 Å². The number of urea groups is 1. The highest BCUT2D eigenvalue weighted by Gasteiger charge is 2.17. The van der Waals surface area contributed by atoms with Crippen LogP contribution < -0.4 is 10.6 Å². The fourth-order valence-corrected chi connectivity index (χ4v) is 2.02. The maximum atomic E-state index is 11.4. The lowest BCUT2D eigenvalue weighted by Gasteiger charge is -2.13. The fraction of sp³-hybridized carbons (Fsp3) is 0.692. The number of hydrogen-bond donors (Lipinski definition) is 3. The van der Waals surface area contributed by atoms with E-state index in [4.69, 9.17) is 5.11 Å². The van der Waals surface area contributed by atoms with Gasteiger partial charge in [0.05, 0.1) is 0 Å². The highest BCUT2D eigenvalue weighted by molar-refractivity contribution is 7.98. The number of carbonyl (C=O) groups excluding carboxylic acids is 1. The standard InChI is InChI=1S/C13H24N2O3S/c1-3-8-11(12(16)17)15-13(18)14-9-6-4-5-7-10-19-2/h3,11H,1,4-10H2,2H3,(H,16,17)(H2,14,15,18). The molecule has 0 aliphatic rings. The molecule has 0 saturated heterocycles. The molecule has 0 rings (SSSR count). The Bertz CT molecular complexity index is 285. The average Bonchev–Trinajstić information content (AvgIpc) is 2.37. The summed E-state index contributed by atoms with van der Waals surface area (Å²) in [5, 5.41) is 13.9. The molecule has 0 heterocycles. The summed E-state index contributed by atoms with van der Waals surface area (Å²) in [4.78, 5) is 22.3. The summed E-state index contributed by atoms with van der Waals surface area (Å²) in [7, 11) is 0. The molecule has 0 radical (unpaired) electrons. The van der Waals surface area contributed by atoms with Crippen molar-refractivity contribution >= 4 is 23.8 Å². The van der Waals surface area contributed by atoms with Crippen molar-refractivity contribution in [3.05, 3.63) is 12.7 Å². The SMILES string of the molecule is C=CCC(NC(=O)NCCCCCCSC)C(=O)O. The van der Waals surface area contributed by atoms with Crippen LogP contribution in [-0.4, -0.2) is 41.7 Å². The van der Waals surface area contributed by atoms with Crippen molar-refractivity contribution < 1.29 is 14.7 Å². The third kappa shape index (κ3) is 10.4. The van der Waals surface area contributed by atoms with E-state index in [0.717, 1.165) is 12.8 Å². The molecule has 0 bridgehead atoms. The number of thioether (sulfide) groups is 1. The molecule has 0 aromatic carbocycles. The zero-order chi connectivity index (χ0) is 14.5. The Labute approximate surface area is 119 Å². The van der Waals surface area contributed by atoms with Crippen LogP contribution in [-0.2, 0) is 4.79 Å². The summed E-state index contributed by atoms with van der Waals surface area (Å²) in [5.74, 6) is 0.127. The van der Waals surface area contributed by atoms with Crippen molar-refractivity contribution in [2.75, 3.05) is 18.6 Å². The lowest BCUT2D eigenvalue weighted by Crippen LogP contribution is -2.45. The van der Waals surface area contributed by atoms with Crippen LogP contribution in [0.5, 0.6) is 0 Å². The van der Waals surface area contributed by atoms with E-state index in [0.29, 0.717) is 6.54 Å². The second-order valence-electron chi connectivity index (χ2n) is 4.22. The quantitative estimate of drug-likeness (QED) is 0.402. The van der Waals surface area contributed by atoms with Crippen LogP contribution >= 0.6 is 11.8 Å². The van der Waals surface area contributed by atoms with E-state index >= 15 is 0 Å². The van der Waals surface area contributed by atoms with E-state index in [2.05, 4.69) is 23.5 Å². The number of nitrogens with one attached hydrogen (secondary N) is 2. The molecule has 6 heteroatoms. The molecule has 3 N–H and O–H groups in total. The van der Waals surface area contributed by atoms with Crippen LogP contribution in [0.2, 0.25) is 0 Å². The van der Waals surface area contributed by atoms with Crippen LogP contribution in [0.1, 0.15) is 32.1 Å². The minimum Gasteiger partial charge on any atom is -0.480 e.